The quantitative estimate of drug-likeness (QED) is 0.715. The van der Waals surface area contributed by atoms with Crippen LogP contribution in [0.25, 0.3) is 0 Å². The molecule has 2 bridgehead atoms. The van der Waals surface area contributed by atoms with Crippen molar-refractivity contribution in [1.29, 1.82) is 0 Å². The van der Waals surface area contributed by atoms with Gasteiger partial charge < -0.3 is 10.1 Å². The van der Waals surface area contributed by atoms with Crippen molar-refractivity contribution in [3.8, 4) is 0 Å². The molecule has 0 aliphatic carbocycles. The predicted molar refractivity (Wildman–Crippen MR) is 66.7 cm³/mol. The van der Waals surface area contributed by atoms with Crippen molar-refractivity contribution in [2.75, 3.05) is 33.4 Å². The second-order valence-electron chi connectivity index (χ2n) is 5.07. The molecule has 0 spiro atoms. The summed E-state index contributed by atoms with van der Waals surface area (Å²) in [6, 6.07) is 0.505. The summed E-state index contributed by atoms with van der Waals surface area (Å²) in [6.07, 6.45) is 4.56. The molecule has 1 unspecified atom stereocenters. The Morgan fingerprint density at radius 1 is 1.65 bits per heavy atom. The van der Waals surface area contributed by atoms with Gasteiger partial charge in [-0.05, 0) is 31.2 Å². The number of hydrogen-bond acceptors (Lipinski definition) is 3. The summed E-state index contributed by atoms with van der Waals surface area (Å²) in [7, 11) is 1.54. The highest BCUT2D eigenvalue weighted by Crippen LogP contribution is 2.36. The second-order valence-corrected chi connectivity index (χ2v) is 5.07. The molecule has 1 amide bonds. The summed E-state index contributed by atoms with van der Waals surface area (Å²) >= 11 is 0. The minimum atomic E-state index is -0.0181. The van der Waals surface area contributed by atoms with Crippen molar-refractivity contribution in [2.24, 2.45) is 11.8 Å². The van der Waals surface area contributed by atoms with Crippen molar-refractivity contribution in [3.63, 3.8) is 0 Å². The minimum Gasteiger partial charge on any atom is -0.375 e. The molecule has 0 aromatic carbocycles. The van der Waals surface area contributed by atoms with Crippen molar-refractivity contribution in [1.82, 2.24) is 10.2 Å². The van der Waals surface area contributed by atoms with Gasteiger partial charge in [0.1, 0.15) is 6.61 Å². The molecule has 17 heavy (non-hydrogen) atoms. The van der Waals surface area contributed by atoms with E-state index >= 15 is 0 Å². The number of nitrogens with one attached hydrogen (secondary N) is 1. The Morgan fingerprint density at radius 3 is 3.06 bits per heavy atom. The van der Waals surface area contributed by atoms with Gasteiger partial charge in [0.25, 0.3) is 0 Å². The molecule has 0 radical (unpaired) electrons. The average Bonchev–Trinajstić information content (AvgIpc) is 2.37. The van der Waals surface area contributed by atoms with E-state index in [4.69, 9.17) is 4.74 Å². The minimum absolute atomic E-state index is 0.0181. The van der Waals surface area contributed by atoms with Gasteiger partial charge >= 0.3 is 0 Å². The molecule has 4 atom stereocenters. The van der Waals surface area contributed by atoms with Crippen LogP contribution in [0.2, 0.25) is 0 Å². The first-order valence-corrected chi connectivity index (χ1v) is 6.36. The highest BCUT2D eigenvalue weighted by Gasteiger charge is 2.38. The number of fused-ring (bicyclic) bond motifs is 3. The van der Waals surface area contributed by atoms with Crippen molar-refractivity contribution in [3.05, 3.63) is 12.7 Å². The molecule has 3 fully saturated rings. The molecule has 96 valence electrons. The zero-order valence-electron chi connectivity index (χ0n) is 10.5. The number of carbonyl (C=O) groups is 1. The number of amides is 1. The molecular formula is C13H22N2O2. The standard InChI is InChI=1S/C13H22N2O2/c1-3-10-8-15-5-4-11(10)6-12(15)7-14-13(16)9-17-2/h3,10-12H,1,4-9H2,2H3,(H,14,16)/t10-,11-,12+/m0/s1. The maximum absolute atomic E-state index is 11.3. The Labute approximate surface area is 103 Å². The smallest absolute Gasteiger partial charge is 0.246 e. The number of nitrogens with zero attached hydrogens (tertiary/aromatic N) is 1. The van der Waals surface area contributed by atoms with E-state index in [0.717, 1.165) is 19.0 Å². The maximum atomic E-state index is 11.3. The molecule has 0 saturated carbocycles. The summed E-state index contributed by atoms with van der Waals surface area (Å²) in [6.45, 7) is 7.10. The fraction of sp³-hybridized carbons (Fsp3) is 0.769. The molecule has 4 heteroatoms. The first-order chi connectivity index (χ1) is 8.24. The van der Waals surface area contributed by atoms with Crippen LogP contribution in [0.3, 0.4) is 0 Å². The molecule has 3 rings (SSSR count). The molecule has 4 nitrogen and oxygen atoms in total. The van der Waals surface area contributed by atoms with Gasteiger partial charge in [-0.15, -0.1) is 6.58 Å². The van der Waals surface area contributed by atoms with Gasteiger partial charge in [0.2, 0.25) is 5.91 Å². The molecule has 3 heterocycles. The van der Waals surface area contributed by atoms with Crippen LogP contribution in [0.4, 0.5) is 0 Å². The van der Waals surface area contributed by atoms with Gasteiger partial charge in [-0.25, -0.2) is 0 Å². The second kappa shape index (κ2) is 5.65. The molecule has 3 aliphatic rings. The normalized spacial score (nSPS) is 35.6. The molecule has 0 aromatic heterocycles. The zero-order valence-corrected chi connectivity index (χ0v) is 10.5. The summed E-state index contributed by atoms with van der Waals surface area (Å²) in [4.78, 5) is 13.8. The van der Waals surface area contributed by atoms with E-state index in [1.165, 1.54) is 19.4 Å². The highest BCUT2D eigenvalue weighted by atomic mass is 16.5. The van der Waals surface area contributed by atoms with Crippen LogP contribution in [0.1, 0.15) is 12.8 Å². The van der Waals surface area contributed by atoms with Gasteiger partial charge in [-0.1, -0.05) is 6.08 Å². The van der Waals surface area contributed by atoms with E-state index in [9.17, 15) is 4.79 Å². The number of rotatable bonds is 5. The lowest BCUT2D eigenvalue weighted by molar-refractivity contribution is -0.125. The van der Waals surface area contributed by atoms with E-state index in [-0.39, 0.29) is 12.5 Å². The van der Waals surface area contributed by atoms with E-state index in [0.29, 0.717) is 12.0 Å². The Morgan fingerprint density at radius 2 is 2.47 bits per heavy atom. The molecule has 1 N–H and O–H groups in total. The third-order valence-electron chi connectivity index (χ3n) is 4.04. The summed E-state index contributed by atoms with van der Waals surface area (Å²) in [5, 5.41) is 2.94. The van der Waals surface area contributed by atoms with Crippen LogP contribution < -0.4 is 5.32 Å². The zero-order chi connectivity index (χ0) is 12.3. The van der Waals surface area contributed by atoms with E-state index in [2.05, 4.69) is 22.9 Å². The number of carbonyl (C=O) groups excluding carboxylic acids is 1. The highest BCUT2D eigenvalue weighted by molar-refractivity contribution is 5.77. The number of piperidine rings is 3. The molecular weight excluding hydrogens is 216 g/mol. The molecule has 3 aliphatic heterocycles. The summed E-state index contributed by atoms with van der Waals surface area (Å²) in [5.74, 6) is 1.40. The Balaban J connectivity index is 1.80. The van der Waals surface area contributed by atoms with E-state index in [1.54, 1.807) is 7.11 Å². The third kappa shape index (κ3) is 2.87. The lowest BCUT2D eigenvalue weighted by Gasteiger charge is -2.49. The van der Waals surface area contributed by atoms with Gasteiger partial charge in [-0.2, -0.15) is 0 Å². The van der Waals surface area contributed by atoms with Crippen molar-refractivity contribution in [2.45, 2.75) is 18.9 Å². The van der Waals surface area contributed by atoms with Crippen molar-refractivity contribution < 1.29 is 9.53 Å². The lowest BCUT2D eigenvalue weighted by atomic mass is 9.75. The van der Waals surface area contributed by atoms with Crippen LogP contribution in [0.15, 0.2) is 12.7 Å². The van der Waals surface area contributed by atoms with Crippen molar-refractivity contribution >= 4 is 5.91 Å². The fourth-order valence-electron chi connectivity index (χ4n) is 3.07. The van der Waals surface area contributed by atoms with E-state index < -0.39 is 0 Å². The van der Waals surface area contributed by atoms with Crippen LogP contribution in [-0.4, -0.2) is 50.2 Å². The van der Waals surface area contributed by atoms with Crippen LogP contribution in [0.5, 0.6) is 0 Å². The summed E-state index contributed by atoms with van der Waals surface area (Å²) < 4.78 is 4.80. The molecule has 3 saturated heterocycles. The average molecular weight is 238 g/mol. The first kappa shape index (κ1) is 12.6. The topological polar surface area (TPSA) is 41.6 Å². The van der Waals surface area contributed by atoms with Crippen LogP contribution in [-0.2, 0) is 9.53 Å². The van der Waals surface area contributed by atoms with Gasteiger partial charge in [-0.3, -0.25) is 9.69 Å². The third-order valence-corrected chi connectivity index (χ3v) is 4.04. The number of methoxy groups -OCH3 is 1. The molecule has 0 aromatic rings. The SMILES string of the molecule is C=C[C@H]1CN2CC[C@H]1C[C@@H]2CNC(=O)COC. The van der Waals surface area contributed by atoms with Gasteiger partial charge in [0.05, 0.1) is 0 Å². The predicted octanol–water partition coefficient (Wildman–Crippen LogP) is 0.645. The summed E-state index contributed by atoms with van der Waals surface area (Å²) in [5.41, 5.74) is 0. The van der Waals surface area contributed by atoms with Gasteiger partial charge in [0.15, 0.2) is 0 Å². The number of ether oxygens (including phenoxy) is 1. The van der Waals surface area contributed by atoms with E-state index in [1.807, 2.05) is 0 Å². The lowest BCUT2D eigenvalue weighted by Crippen LogP contribution is -2.56. The van der Waals surface area contributed by atoms with Crippen LogP contribution >= 0.6 is 0 Å². The Bertz CT molecular complexity index is 293. The Hall–Kier alpha value is -0.870. The van der Waals surface area contributed by atoms with Gasteiger partial charge in [0, 0.05) is 26.2 Å². The van der Waals surface area contributed by atoms with Crippen LogP contribution in [0, 0.1) is 11.8 Å². The monoisotopic (exact) mass is 238 g/mol. The Kier molecular flexibility index (Phi) is 4.18. The first-order valence-electron chi connectivity index (χ1n) is 6.36. The fourth-order valence-corrected chi connectivity index (χ4v) is 3.07. The number of hydrogen-bond donors (Lipinski definition) is 1. The largest absolute Gasteiger partial charge is 0.375 e. The maximum Gasteiger partial charge on any atom is 0.246 e.